The van der Waals surface area contributed by atoms with Gasteiger partial charge in [0.15, 0.2) is 28.9 Å². The molecule has 210 valence electrons. The van der Waals surface area contributed by atoms with Crippen LogP contribution < -0.4 is 15.6 Å². The van der Waals surface area contributed by atoms with Crippen LogP contribution in [-0.2, 0) is 0 Å². The van der Waals surface area contributed by atoms with Gasteiger partial charge in [0.05, 0.1) is 23.8 Å². The van der Waals surface area contributed by atoms with Crippen molar-refractivity contribution in [1.82, 2.24) is 19.9 Å². The number of carbonyl (C=O) groups is 1. The number of hydrogen-bond acceptors (Lipinski definition) is 7. The molecule has 0 saturated carbocycles. The number of rotatable bonds is 4. The lowest BCUT2D eigenvalue weighted by molar-refractivity contribution is -0.255. The summed E-state index contributed by atoms with van der Waals surface area (Å²) in [6, 6.07) is -3.68. The van der Waals surface area contributed by atoms with Gasteiger partial charge in [-0.2, -0.15) is 26.3 Å². The SMILES string of the molecule is O=C(NC(C(F)(F)F)C(F)(F)F)c1cn(-c2ncc(F)cc2F)c2nc(N3C[C@@H](O)[C@H](O)C3)c(F)cc2c1=O. The first kappa shape index (κ1) is 28.1. The Balaban J connectivity index is 1.95. The van der Waals surface area contributed by atoms with E-state index in [2.05, 4.69) is 9.97 Å². The Hall–Kier alpha value is -3.93. The average molecular weight is 571 g/mol. The van der Waals surface area contributed by atoms with E-state index in [1.165, 1.54) is 0 Å². The number of amides is 1. The van der Waals surface area contributed by atoms with Crippen LogP contribution in [0.2, 0.25) is 0 Å². The standard InChI is InChI=1S/C21H14F9N5O4/c22-7-1-10(23)16(31-3-7)35-4-9(18(39)33-19(20(25,26)27)21(28,29)30)14(38)8-2-11(24)17(32-15(8)35)34-5-12(36)13(37)6-34/h1-4,12-13,19,36-37H,5-6H2,(H,33,39)/t12-,13-/m1/s1. The molecule has 1 amide bonds. The molecule has 39 heavy (non-hydrogen) atoms. The summed E-state index contributed by atoms with van der Waals surface area (Å²) in [5.74, 6) is -7.67. The highest BCUT2D eigenvalue weighted by Gasteiger charge is 2.57. The molecule has 0 unspecified atom stereocenters. The fraction of sp³-hybridized carbons (Fsp3) is 0.333. The normalized spacial score (nSPS) is 18.3. The van der Waals surface area contributed by atoms with Crippen LogP contribution in [-0.4, -0.2) is 74.3 Å². The third-order valence-electron chi connectivity index (χ3n) is 5.66. The van der Waals surface area contributed by atoms with Gasteiger partial charge in [0, 0.05) is 25.4 Å². The molecule has 0 aromatic carbocycles. The third kappa shape index (κ3) is 5.33. The Morgan fingerprint density at radius 1 is 0.974 bits per heavy atom. The largest absolute Gasteiger partial charge is 0.417 e. The van der Waals surface area contributed by atoms with Crippen LogP contribution in [0, 0.1) is 17.5 Å². The number of fused-ring (bicyclic) bond motifs is 1. The van der Waals surface area contributed by atoms with Gasteiger partial charge in [0.1, 0.15) is 11.4 Å². The first-order valence-electron chi connectivity index (χ1n) is 10.6. The zero-order valence-corrected chi connectivity index (χ0v) is 18.9. The number of β-amino-alcohol motifs (C(OH)–C–C–N with tert-alkyl or cyclic N) is 2. The zero-order valence-electron chi connectivity index (χ0n) is 18.9. The van der Waals surface area contributed by atoms with Crippen molar-refractivity contribution in [2.24, 2.45) is 0 Å². The number of halogens is 9. The van der Waals surface area contributed by atoms with E-state index in [1.807, 2.05) is 0 Å². The second kappa shape index (κ2) is 9.67. The molecule has 4 heterocycles. The second-order valence-corrected chi connectivity index (χ2v) is 8.40. The molecular weight excluding hydrogens is 557 g/mol. The van der Waals surface area contributed by atoms with Crippen molar-refractivity contribution in [1.29, 1.82) is 0 Å². The van der Waals surface area contributed by atoms with Gasteiger partial charge in [0.2, 0.25) is 11.5 Å². The number of aliphatic hydroxyl groups excluding tert-OH is 2. The summed E-state index contributed by atoms with van der Waals surface area (Å²) in [4.78, 5) is 33.8. The number of carbonyl (C=O) groups excluding carboxylic acids is 1. The summed E-state index contributed by atoms with van der Waals surface area (Å²) in [7, 11) is 0. The molecule has 1 saturated heterocycles. The van der Waals surface area contributed by atoms with Crippen LogP contribution >= 0.6 is 0 Å². The molecule has 1 aliphatic rings. The number of nitrogens with one attached hydrogen (secondary N) is 1. The minimum atomic E-state index is -6.03. The summed E-state index contributed by atoms with van der Waals surface area (Å²) in [5.41, 5.74) is -3.68. The van der Waals surface area contributed by atoms with Crippen molar-refractivity contribution in [2.45, 2.75) is 30.6 Å². The van der Waals surface area contributed by atoms with Crippen molar-refractivity contribution >= 4 is 22.8 Å². The Morgan fingerprint density at radius 3 is 2.08 bits per heavy atom. The first-order chi connectivity index (χ1) is 18.0. The number of alkyl halides is 6. The highest BCUT2D eigenvalue weighted by molar-refractivity contribution is 5.97. The van der Waals surface area contributed by atoms with E-state index in [1.54, 1.807) is 0 Å². The van der Waals surface area contributed by atoms with Crippen LogP contribution in [0.3, 0.4) is 0 Å². The van der Waals surface area contributed by atoms with Crippen LogP contribution in [0.5, 0.6) is 0 Å². The summed E-state index contributed by atoms with van der Waals surface area (Å²) in [5, 5.41) is 19.3. The maximum absolute atomic E-state index is 15.0. The Kier molecular flexibility index (Phi) is 6.97. The van der Waals surface area contributed by atoms with E-state index in [4.69, 9.17) is 0 Å². The molecule has 1 fully saturated rings. The van der Waals surface area contributed by atoms with Crippen molar-refractivity contribution in [3.63, 3.8) is 0 Å². The van der Waals surface area contributed by atoms with Gasteiger partial charge in [-0.1, -0.05) is 0 Å². The van der Waals surface area contributed by atoms with E-state index in [0.717, 1.165) is 4.90 Å². The van der Waals surface area contributed by atoms with Gasteiger partial charge in [-0.15, -0.1) is 0 Å². The number of aromatic nitrogens is 3. The molecule has 0 spiro atoms. The van der Waals surface area contributed by atoms with E-state index in [-0.39, 0.29) is 19.2 Å². The predicted molar refractivity (Wildman–Crippen MR) is 113 cm³/mol. The summed E-state index contributed by atoms with van der Waals surface area (Å²) >= 11 is 0. The van der Waals surface area contributed by atoms with Gasteiger partial charge in [-0.05, 0) is 6.07 Å². The number of nitrogens with zero attached hydrogens (tertiary/aromatic N) is 4. The lowest BCUT2D eigenvalue weighted by Gasteiger charge is -2.24. The van der Waals surface area contributed by atoms with Gasteiger partial charge < -0.3 is 20.4 Å². The highest BCUT2D eigenvalue weighted by Crippen LogP contribution is 2.33. The fourth-order valence-corrected chi connectivity index (χ4v) is 3.84. The van der Waals surface area contributed by atoms with Crippen LogP contribution in [0.15, 0.2) is 29.3 Å². The van der Waals surface area contributed by atoms with Gasteiger partial charge in [-0.25, -0.2) is 23.1 Å². The molecular formula is C21H14F9N5O4. The number of aliphatic hydroxyl groups is 2. The minimum Gasteiger partial charge on any atom is -0.389 e. The molecule has 3 N–H and O–H groups in total. The summed E-state index contributed by atoms with van der Waals surface area (Å²) < 4.78 is 121. The maximum Gasteiger partial charge on any atom is 0.417 e. The lowest BCUT2D eigenvalue weighted by atomic mass is 10.1. The number of pyridine rings is 3. The minimum absolute atomic E-state index is 0.285. The van der Waals surface area contributed by atoms with Crippen molar-refractivity contribution in [3.8, 4) is 5.82 Å². The second-order valence-electron chi connectivity index (χ2n) is 8.40. The molecule has 0 aliphatic carbocycles. The van der Waals surface area contributed by atoms with E-state index >= 15 is 0 Å². The Morgan fingerprint density at radius 2 is 1.54 bits per heavy atom. The fourth-order valence-electron chi connectivity index (χ4n) is 3.84. The molecule has 18 heteroatoms. The Bertz CT molecular complexity index is 1480. The van der Waals surface area contributed by atoms with Crippen LogP contribution in [0.1, 0.15) is 10.4 Å². The molecule has 9 nitrogen and oxygen atoms in total. The highest BCUT2D eigenvalue weighted by atomic mass is 19.4. The quantitative estimate of drug-likeness (QED) is 0.410. The van der Waals surface area contributed by atoms with Crippen molar-refractivity contribution < 1.29 is 54.5 Å². The maximum atomic E-state index is 15.0. The molecule has 3 aromatic rings. The predicted octanol–water partition coefficient (Wildman–Crippen LogP) is 1.96. The van der Waals surface area contributed by atoms with Crippen molar-refractivity contribution in [3.05, 3.63) is 57.8 Å². The molecule has 0 bridgehead atoms. The summed E-state index contributed by atoms with van der Waals surface area (Å²) in [6.45, 7) is -0.693. The topological polar surface area (TPSA) is 121 Å². The number of hydrogen-bond donors (Lipinski definition) is 3. The molecule has 2 atom stereocenters. The van der Waals surface area contributed by atoms with E-state index < -0.39 is 87.6 Å². The monoisotopic (exact) mass is 571 g/mol. The van der Waals surface area contributed by atoms with Gasteiger partial charge in [0.25, 0.3) is 5.91 Å². The summed E-state index contributed by atoms with van der Waals surface area (Å²) in [6.07, 6.45) is -13.9. The zero-order chi connectivity index (χ0) is 29.0. The average Bonchev–Trinajstić information content (AvgIpc) is 3.14. The van der Waals surface area contributed by atoms with Gasteiger partial charge >= 0.3 is 12.4 Å². The van der Waals surface area contributed by atoms with Crippen LogP contribution in [0.4, 0.5) is 45.3 Å². The van der Waals surface area contributed by atoms with Crippen LogP contribution in [0.25, 0.3) is 16.9 Å². The molecule has 4 rings (SSSR count). The molecule has 0 radical (unpaired) electrons. The first-order valence-corrected chi connectivity index (χ1v) is 10.6. The van der Waals surface area contributed by atoms with E-state index in [0.29, 0.717) is 28.3 Å². The van der Waals surface area contributed by atoms with Crippen molar-refractivity contribution in [2.75, 3.05) is 18.0 Å². The van der Waals surface area contributed by atoms with E-state index in [9.17, 15) is 59.3 Å². The molecule has 3 aromatic heterocycles. The molecule has 1 aliphatic heterocycles. The third-order valence-corrected chi connectivity index (χ3v) is 5.66. The smallest absolute Gasteiger partial charge is 0.389 e. The number of anilines is 1. The van der Waals surface area contributed by atoms with Gasteiger partial charge in [-0.3, -0.25) is 14.2 Å². The lowest BCUT2D eigenvalue weighted by Crippen LogP contribution is -2.55. The Labute approximate surface area is 210 Å².